The molecule has 0 radical (unpaired) electrons. The molecule has 9 heteroatoms. The molecule has 2 aromatic heterocycles. The highest BCUT2D eigenvalue weighted by Crippen LogP contribution is 2.25. The number of nitrogens with one attached hydrogen (secondary N) is 1. The number of anilines is 1. The topological polar surface area (TPSA) is 112 Å². The van der Waals surface area contributed by atoms with Crippen molar-refractivity contribution in [1.82, 2.24) is 14.8 Å². The van der Waals surface area contributed by atoms with Gasteiger partial charge in [-0.05, 0) is 42.8 Å². The summed E-state index contributed by atoms with van der Waals surface area (Å²) >= 11 is 0. The molecule has 1 N–H and O–H groups in total. The molecule has 0 aliphatic carbocycles. The Hall–Kier alpha value is -2.97. The Labute approximate surface area is 138 Å². The van der Waals surface area contributed by atoms with Crippen LogP contribution in [0.2, 0.25) is 0 Å². The van der Waals surface area contributed by atoms with E-state index in [0.717, 1.165) is 0 Å². The van der Waals surface area contributed by atoms with Gasteiger partial charge in [-0.1, -0.05) is 0 Å². The van der Waals surface area contributed by atoms with Gasteiger partial charge in [-0.3, -0.25) is 4.79 Å². The first-order chi connectivity index (χ1) is 11.3. The van der Waals surface area contributed by atoms with E-state index in [9.17, 15) is 14.9 Å². The van der Waals surface area contributed by atoms with Crippen LogP contribution in [0.25, 0.3) is 0 Å². The van der Waals surface area contributed by atoms with Gasteiger partial charge in [0.15, 0.2) is 6.10 Å². The summed E-state index contributed by atoms with van der Waals surface area (Å²) < 4.78 is 7.08. The number of nitro groups is 1. The summed E-state index contributed by atoms with van der Waals surface area (Å²) in [5.41, 5.74) is 0.493. The molecule has 128 valence electrons. The van der Waals surface area contributed by atoms with Gasteiger partial charge < -0.3 is 20.2 Å². The molecule has 2 aromatic rings. The molecule has 1 atom stereocenters. The molecule has 2 rings (SSSR count). The Bertz CT molecular complexity index is 756. The fourth-order valence-corrected chi connectivity index (χ4v) is 2.05. The Morgan fingerprint density at radius 2 is 2.04 bits per heavy atom. The van der Waals surface area contributed by atoms with Gasteiger partial charge in [-0.2, -0.15) is 5.10 Å². The first kappa shape index (κ1) is 17.4. The summed E-state index contributed by atoms with van der Waals surface area (Å²) in [7, 11) is 0. The monoisotopic (exact) mass is 333 g/mol. The number of ether oxygens (including phenoxy) is 1. The SMILES string of the molecule is Cc1ccc(OC(C)C(=O)Nc2ccnn2C(C)C)c([N+](=O)[O-])n1. The van der Waals surface area contributed by atoms with Gasteiger partial charge in [0.1, 0.15) is 11.5 Å². The molecule has 0 aliphatic rings. The van der Waals surface area contributed by atoms with Crippen LogP contribution in [0.3, 0.4) is 0 Å². The van der Waals surface area contributed by atoms with E-state index in [-0.39, 0.29) is 11.8 Å². The van der Waals surface area contributed by atoms with E-state index in [0.29, 0.717) is 11.5 Å². The maximum atomic E-state index is 12.3. The summed E-state index contributed by atoms with van der Waals surface area (Å²) in [6, 6.07) is 4.76. The van der Waals surface area contributed by atoms with Crippen molar-refractivity contribution in [2.75, 3.05) is 5.32 Å². The molecular weight excluding hydrogens is 314 g/mol. The van der Waals surface area contributed by atoms with Gasteiger partial charge in [0.2, 0.25) is 5.75 Å². The minimum atomic E-state index is -0.941. The molecule has 2 heterocycles. The standard InChI is InChI=1S/C15H19N5O4/c1-9(2)19-13(7-8-16-19)18-15(21)11(4)24-12-6-5-10(3)17-14(12)20(22)23/h5-9,11H,1-4H3,(H,18,21). The average molecular weight is 333 g/mol. The van der Waals surface area contributed by atoms with Gasteiger partial charge >= 0.3 is 5.82 Å². The summed E-state index contributed by atoms with van der Waals surface area (Å²) in [5, 5.41) is 17.9. The third-order valence-electron chi connectivity index (χ3n) is 3.24. The summed E-state index contributed by atoms with van der Waals surface area (Å²) in [6.07, 6.45) is 0.638. The lowest BCUT2D eigenvalue weighted by Crippen LogP contribution is -2.31. The largest absolute Gasteiger partial charge is 0.473 e. The number of carbonyl (C=O) groups is 1. The van der Waals surface area contributed by atoms with Crippen LogP contribution in [0.4, 0.5) is 11.6 Å². The Morgan fingerprint density at radius 1 is 1.33 bits per heavy atom. The first-order valence-electron chi connectivity index (χ1n) is 7.42. The van der Waals surface area contributed by atoms with Crippen LogP contribution in [0.5, 0.6) is 5.75 Å². The Balaban J connectivity index is 2.12. The lowest BCUT2D eigenvalue weighted by molar-refractivity contribution is -0.390. The molecule has 1 amide bonds. The van der Waals surface area contributed by atoms with E-state index in [1.807, 2.05) is 13.8 Å². The fourth-order valence-electron chi connectivity index (χ4n) is 2.05. The molecule has 1 unspecified atom stereocenters. The molecule has 9 nitrogen and oxygen atoms in total. The summed E-state index contributed by atoms with van der Waals surface area (Å²) in [5.74, 6) is -0.373. The minimum Gasteiger partial charge on any atom is -0.473 e. The Morgan fingerprint density at radius 3 is 2.67 bits per heavy atom. The van der Waals surface area contributed by atoms with Crippen molar-refractivity contribution < 1.29 is 14.5 Å². The summed E-state index contributed by atoms with van der Waals surface area (Å²) in [6.45, 7) is 7.02. The second kappa shape index (κ2) is 7.07. The number of aromatic nitrogens is 3. The summed E-state index contributed by atoms with van der Waals surface area (Å²) in [4.78, 5) is 26.5. The quantitative estimate of drug-likeness (QED) is 0.642. The molecular formula is C15H19N5O4. The van der Waals surface area contributed by atoms with Crippen LogP contribution < -0.4 is 10.1 Å². The van der Waals surface area contributed by atoms with E-state index in [4.69, 9.17) is 4.74 Å². The molecule has 0 fully saturated rings. The van der Waals surface area contributed by atoms with Gasteiger partial charge in [-0.25, -0.2) is 4.68 Å². The van der Waals surface area contributed by atoms with E-state index in [2.05, 4.69) is 15.4 Å². The zero-order valence-electron chi connectivity index (χ0n) is 13.9. The zero-order chi connectivity index (χ0) is 17.9. The van der Waals surface area contributed by atoms with Crippen molar-refractivity contribution in [3.05, 3.63) is 40.2 Å². The fraction of sp³-hybridized carbons (Fsp3) is 0.400. The van der Waals surface area contributed by atoms with Crippen LogP contribution in [-0.4, -0.2) is 31.7 Å². The van der Waals surface area contributed by atoms with Crippen molar-refractivity contribution in [3.63, 3.8) is 0 Å². The zero-order valence-corrected chi connectivity index (χ0v) is 13.9. The maximum absolute atomic E-state index is 12.3. The maximum Gasteiger partial charge on any atom is 0.406 e. The van der Waals surface area contributed by atoms with Gasteiger partial charge in [-0.15, -0.1) is 0 Å². The van der Waals surface area contributed by atoms with Crippen LogP contribution in [0.1, 0.15) is 32.5 Å². The van der Waals surface area contributed by atoms with Crippen LogP contribution in [-0.2, 0) is 4.79 Å². The van der Waals surface area contributed by atoms with Crippen molar-refractivity contribution in [3.8, 4) is 5.75 Å². The van der Waals surface area contributed by atoms with E-state index in [1.54, 1.807) is 29.9 Å². The number of hydrogen-bond donors (Lipinski definition) is 1. The van der Waals surface area contributed by atoms with E-state index < -0.39 is 22.8 Å². The second-order valence-electron chi connectivity index (χ2n) is 5.54. The predicted molar refractivity (Wildman–Crippen MR) is 87.0 cm³/mol. The third-order valence-corrected chi connectivity index (χ3v) is 3.24. The van der Waals surface area contributed by atoms with Crippen molar-refractivity contribution in [1.29, 1.82) is 0 Å². The van der Waals surface area contributed by atoms with E-state index in [1.165, 1.54) is 13.0 Å². The van der Waals surface area contributed by atoms with Gasteiger partial charge in [0.05, 0.1) is 6.20 Å². The molecule has 0 aromatic carbocycles. The third kappa shape index (κ3) is 3.86. The molecule has 0 spiro atoms. The molecule has 0 saturated heterocycles. The Kier molecular flexibility index (Phi) is 5.12. The lowest BCUT2D eigenvalue weighted by atomic mass is 10.3. The first-order valence-corrected chi connectivity index (χ1v) is 7.42. The average Bonchev–Trinajstić information content (AvgIpc) is 2.97. The number of amides is 1. The smallest absolute Gasteiger partial charge is 0.406 e. The lowest BCUT2D eigenvalue weighted by Gasteiger charge is -2.16. The van der Waals surface area contributed by atoms with Crippen LogP contribution in [0.15, 0.2) is 24.4 Å². The highest BCUT2D eigenvalue weighted by molar-refractivity contribution is 5.93. The van der Waals surface area contributed by atoms with Crippen LogP contribution in [0, 0.1) is 17.0 Å². The van der Waals surface area contributed by atoms with Crippen LogP contribution >= 0.6 is 0 Å². The normalized spacial score (nSPS) is 12.0. The predicted octanol–water partition coefficient (Wildman–Crippen LogP) is 2.48. The molecule has 0 saturated carbocycles. The molecule has 0 aliphatic heterocycles. The van der Waals surface area contributed by atoms with Crippen molar-refractivity contribution in [2.45, 2.75) is 39.8 Å². The highest BCUT2D eigenvalue weighted by atomic mass is 16.6. The number of rotatable bonds is 6. The van der Waals surface area contributed by atoms with Gasteiger partial charge in [0, 0.05) is 19.0 Å². The van der Waals surface area contributed by atoms with Crippen molar-refractivity contribution >= 4 is 17.5 Å². The van der Waals surface area contributed by atoms with E-state index >= 15 is 0 Å². The molecule has 24 heavy (non-hydrogen) atoms. The second-order valence-corrected chi connectivity index (χ2v) is 5.54. The number of pyridine rings is 1. The number of aryl methyl sites for hydroxylation is 1. The van der Waals surface area contributed by atoms with Crippen molar-refractivity contribution in [2.24, 2.45) is 0 Å². The van der Waals surface area contributed by atoms with Gasteiger partial charge in [0.25, 0.3) is 5.91 Å². The number of hydrogen-bond acceptors (Lipinski definition) is 6. The number of nitrogens with zero attached hydrogens (tertiary/aromatic N) is 4. The highest BCUT2D eigenvalue weighted by Gasteiger charge is 2.23. The molecule has 0 bridgehead atoms. The minimum absolute atomic E-state index is 0.0504. The number of carbonyl (C=O) groups excluding carboxylic acids is 1.